The molecule has 0 spiro atoms. The van der Waals surface area contributed by atoms with Gasteiger partial charge in [0.1, 0.15) is 5.82 Å². The maximum absolute atomic E-state index is 10.8. The Hall–Kier alpha value is -1.89. The zero-order chi connectivity index (χ0) is 15.4. The third-order valence-electron chi connectivity index (χ3n) is 4.29. The first-order valence-electron chi connectivity index (χ1n) is 7.46. The summed E-state index contributed by atoms with van der Waals surface area (Å²) >= 11 is 0. The minimum Gasteiger partial charge on any atom is -0.378 e. The summed E-state index contributed by atoms with van der Waals surface area (Å²) in [6.45, 7) is 3.50. The van der Waals surface area contributed by atoms with Crippen molar-refractivity contribution in [1.29, 1.82) is 0 Å². The van der Waals surface area contributed by atoms with Gasteiger partial charge in [-0.2, -0.15) is 0 Å². The van der Waals surface area contributed by atoms with E-state index in [2.05, 4.69) is 16.8 Å². The lowest BCUT2D eigenvalue weighted by atomic mass is 9.83. The highest BCUT2D eigenvalue weighted by atomic mass is 16.6. The molecule has 4 N–H and O–H groups in total. The molecule has 2 rings (SSSR count). The monoisotopic (exact) mass is 293 g/mol. The third-order valence-corrected chi connectivity index (χ3v) is 4.29. The Balaban J connectivity index is 2.28. The molecule has 116 valence electrons. The number of hydrogen-bond acceptors (Lipinski definition) is 6. The average Bonchev–Trinajstić information content (AvgIpc) is 2.48. The molecule has 1 aliphatic rings. The van der Waals surface area contributed by atoms with Crippen LogP contribution in [0.2, 0.25) is 0 Å². The Morgan fingerprint density at radius 2 is 2.14 bits per heavy atom. The predicted molar refractivity (Wildman–Crippen MR) is 83.1 cm³/mol. The average molecular weight is 293 g/mol. The number of hydrogen-bond donors (Lipinski definition) is 2. The van der Waals surface area contributed by atoms with E-state index in [1.165, 1.54) is 18.9 Å². The molecule has 1 aromatic heterocycles. The topological polar surface area (TPSA) is 111 Å². The largest absolute Gasteiger partial charge is 0.378 e. The van der Waals surface area contributed by atoms with Crippen LogP contribution in [0.25, 0.3) is 0 Å². The normalized spacial score (nSPS) is 22.0. The molecule has 2 atom stereocenters. The SMILES string of the molecule is CCN(c1ccc([N+](=O)[O-])c(N)n1)C1CCCCC1CN. The number of nitrogen functional groups attached to an aromatic ring is 1. The summed E-state index contributed by atoms with van der Waals surface area (Å²) in [6.07, 6.45) is 4.60. The van der Waals surface area contributed by atoms with Gasteiger partial charge >= 0.3 is 5.69 Å². The number of rotatable bonds is 5. The molecule has 1 aliphatic carbocycles. The highest BCUT2D eigenvalue weighted by Gasteiger charge is 2.30. The van der Waals surface area contributed by atoms with Gasteiger partial charge in [0.2, 0.25) is 5.82 Å². The Morgan fingerprint density at radius 3 is 2.71 bits per heavy atom. The Bertz CT molecular complexity index is 508. The molecular weight excluding hydrogens is 270 g/mol. The van der Waals surface area contributed by atoms with Gasteiger partial charge in [-0.25, -0.2) is 4.98 Å². The maximum Gasteiger partial charge on any atom is 0.311 e. The molecule has 1 heterocycles. The lowest BCUT2D eigenvalue weighted by Gasteiger charge is -2.40. The Kier molecular flexibility index (Phi) is 4.95. The van der Waals surface area contributed by atoms with Gasteiger partial charge in [-0.3, -0.25) is 10.1 Å². The van der Waals surface area contributed by atoms with E-state index < -0.39 is 4.92 Å². The number of nitro groups is 1. The predicted octanol–water partition coefficient (Wildman–Crippen LogP) is 1.92. The van der Waals surface area contributed by atoms with Crippen molar-refractivity contribution in [3.63, 3.8) is 0 Å². The zero-order valence-corrected chi connectivity index (χ0v) is 12.4. The van der Waals surface area contributed by atoms with Crippen LogP contribution in [0.5, 0.6) is 0 Å². The number of anilines is 2. The van der Waals surface area contributed by atoms with Gasteiger partial charge < -0.3 is 16.4 Å². The highest BCUT2D eigenvalue weighted by molar-refractivity contribution is 5.58. The molecule has 7 heteroatoms. The van der Waals surface area contributed by atoms with Crippen LogP contribution < -0.4 is 16.4 Å². The van der Waals surface area contributed by atoms with Gasteiger partial charge in [0.15, 0.2) is 0 Å². The summed E-state index contributed by atoms with van der Waals surface area (Å²) in [5.74, 6) is 1.11. The standard InChI is InChI=1S/C14H23N5O2/c1-2-18(11-6-4-3-5-10(11)9-15)13-8-7-12(19(20)21)14(16)17-13/h7-8,10-11H,2-6,9,15H2,1H3,(H2,16,17). The van der Waals surface area contributed by atoms with Gasteiger partial charge in [0.05, 0.1) is 4.92 Å². The van der Waals surface area contributed by atoms with E-state index in [9.17, 15) is 10.1 Å². The molecule has 2 unspecified atom stereocenters. The van der Waals surface area contributed by atoms with Crippen molar-refractivity contribution >= 4 is 17.3 Å². The molecule has 0 bridgehead atoms. The minimum absolute atomic E-state index is 0.0314. The molecule has 0 aliphatic heterocycles. The van der Waals surface area contributed by atoms with Crippen LogP contribution in [0.4, 0.5) is 17.3 Å². The van der Waals surface area contributed by atoms with Crippen LogP contribution in [-0.4, -0.2) is 29.0 Å². The maximum atomic E-state index is 10.8. The van der Waals surface area contributed by atoms with Crippen molar-refractivity contribution in [2.75, 3.05) is 23.7 Å². The van der Waals surface area contributed by atoms with E-state index in [4.69, 9.17) is 11.5 Å². The van der Waals surface area contributed by atoms with Crippen molar-refractivity contribution in [3.05, 3.63) is 22.2 Å². The molecule has 0 radical (unpaired) electrons. The molecular formula is C14H23N5O2. The van der Waals surface area contributed by atoms with Gasteiger partial charge in [-0.15, -0.1) is 0 Å². The molecule has 21 heavy (non-hydrogen) atoms. The van der Waals surface area contributed by atoms with Crippen LogP contribution in [-0.2, 0) is 0 Å². The Labute approximate surface area is 124 Å². The smallest absolute Gasteiger partial charge is 0.311 e. The highest BCUT2D eigenvalue weighted by Crippen LogP contribution is 2.32. The van der Waals surface area contributed by atoms with E-state index in [1.807, 2.05) is 0 Å². The fourth-order valence-electron chi connectivity index (χ4n) is 3.21. The number of nitrogens with two attached hydrogens (primary N) is 2. The minimum atomic E-state index is -0.508. The van der Waals surface area contributed by atoms with Crippen molar-refractivity contribution in [2.45, 2.75) is 38.6 Å². The van der Waals surface area contributed by atoms with Gasteiger partial charge in [-0.05, 0) is 38.3 Å². The first kappa shape index (κ1) is 15.5. The summed E-state index contributed by atoms with van der Waals surface area (Å²) in [6, 6.07) is 3.45. The van der Waals surface area contributed by atoms with Crippen LogP contribution >= 0.6 is 0 Å². The molecule has 1 fully saturated rings. The number of nitrogens with zero attached hydrogens (tertiary/aromatic N) is 3. The molecule has 1 saturated carbocycles. The molecule has 1 aromatic rings. The zero-order valence-electron chi connectivity index (χ0n) is 12.4. The summed E-state index contributed by atoms with van der Waals surface area (Å²) in [5.41, 5.74) is 11.5. The fraction of sp³-hybridized carbons (Fsp3) is 0.643. The van der Waals surface area contributed by atoms with Crippen molar-refractivity contribution in [3.8, 4) is 0 Å². The second kappa shape index (κ2) is 6.71. The number of pyridine rings is 1. The van der Waals surface area contributed by atoms with E-state index in [0.29, 0.717) is 24.3 Å². The van der Waals surface area contributed by atoms with Gasteiger partial charge in [0, 0.05) is 18.7 Å². The summed E-state index contributed by atoms with van der Waals surface area (Å²) < 4.78 is 0. The first-order chi connectivity index (χ1) is 10.1. The van der Waals surface area contributed by atoms with Crippen LogP contribution in [0.3, 0.4) is 0 Å². The third kappa shape index (κ3) is 3.24. The van der Waals surface area contributed by atoms with Crippen LogP contribution in [0, 0.1) is 16.0 Å². The summed E-state index contributed by atoms with van der Waals surface area (Å²) in [4.78, 5) is 16.7. The molecule has 7 nitrogen and oxygen atoms in total. The first-order valence-corrected chi connectivity index (χ1v) is 7.46. The van der Waals surface area contributed by atoms with E-state index in [-0.39, 0.29) is 11.5 Å². The van der Waals surface area contributed by atoms with E-state index in [0.717, 1.165) is 19.4 Å². The van der Waals surface area contributed by atoms with E-state index >= 15 is 0 Å². The van der Waals surface area contributed by atoms with Crippen LogP contribution in [0.1, 0.15) is 32.6 Å². The van der Waals surface area contributed by atoms with Crippen molar-refractivity contribution in [1.82, 2.24) is 4.98 Å². The molecule has 0 amide bonds. The van der Waals surface area contributed by atoms with Gasteiger partial charge in [0.25, 0.3) is 0 Å². The quantitative estimate of drug-likeness (QED) is 0.633. The van der Waals surface area contributed by atoms with Crippen molar-refractivity contribution in [2.24, 2.45) is 11.7 Å². The van der Waals surface area contributed by atoms with Gasteiger partial charge in [-0.1, -0.05) is 12.8 Å². The van der Waals surface area contributed by atoms with Crippen molar-refractivity contribution < 1.29 is 4.92 Å². The van der Waals surface area contributed by atoms with E-state index in [1.54, 1.807) is 6.07 Å². The molecule has 0 saturated heterocycles. The summed E-state index contributed by atoms with van der Waals surface area (Å²) in [5, 5.41) is 10.8. The Morgan fingerprint density at radius 1 is 1.43 bits per heavy atom. The second-order valence-electron chi connectivity index (χ2n) is 5.46. The lowest BCUT2D eigenvalue weighted by Crippen LogP contribution is -2.45. The lowest BCUT2D eigenvalue weighted by molar-refractivity contribution is -0.384. The molecule has 0 aromatic carbocycles. The number of aromatic nitrogens is 1. The second-order valence-corrected chi connectivity index (χ2v) is 5.46. The fourth-order valence-corrected chi connectivity index (χ4v) is 3.21. The summed E-state index contributed by atoms with van der Waals surface area (Å²) in [7, 11) is 0. The van der Waals surface area contributed by atoms with Crippen LogP contribution in [0.15, 0.2) is 12.1 Å².